The monoisotopic (exact) mass is 561 g/mol. The second kappa shape index (κ2) is 11.1. The molecule has 2 aromatic rings. The zero-order valence-corrected chi connectivity index (χ0v) is 24.5. The molecule has 0 unspecified atom stereocenters. The highest BCUT2D eigenvalue weighted by Crippen LogP contribution is 2.39. The van der Waals surface area contributed by atoms with Gasteiger partial charge in [0.05, 0.1) is 21.4 Å². The van der Waals surface area contributed by atoms with E-state index >= 15 is 0 Å². The van der Waals surface area contributed by atoms with Crippen LogP contribution in [-0.4, -0.2) is 42.0 Å². The first kappa shape index (κ1) is 28.7. The summed E-state index contributed by atoms with van der Waals surface area (Å²) < 4.78 is 28.9. The third-order valence-electron chi connectivity index (χ3n) is 7.63. The molecule has 2 aliphatic carbocycles. The van der Waals surface area contributed by atoms with E-state index in [1.165, 1.54) is 30.6 Å². The van der Waals surface area contributed by atoms with Crippen LogP contribution in [0.3, 0.4) is 0 Å². The maximum atomic E-state index is 13.1. The summed E-state index contributed by atoms with van der Waals surface area (Å²) in [5.74, 6) is -0.985. The number of hydrogen-bond donors (Lipinski definition) is 3. The van der Waals surface area contributed by atoms with Gasteiger partial charge in [-0.15, -0.1) is 11.3 Å². The van der Waals surface area contributed by atoms with Crippen LogP contribution in [0.4, 0.5) is 0 Å². The van der Waals surface area contributed by atoms with Crippen LogP contribution < -0.4 is 10.0 Å². The third kappa shape index (κ3) is 6.46. The van der Waals surface area contributed by atoms with Crippen LogP contribution >= 0.6 is 11.3 Å². The van der Waals surface area contributed by atoms with Crippen LogP contribution in [0.5, 0.6) is 0 Å². The molecule has 1 aromatic carbocycles. The van der Waals surface area contributed by atoms with Crippen molar-refractivity contribution in [1.29, 1.82) is 0 Å². The lowest BCUT2D eigenvalue weighted by molar-refractivity contribution is -0.145. The highest BCUT2D eigenvalue weighted by atomic mass is 32.2. The Morgan fingerprint density at radius 1 is 1.08 bits per heavy atom. The van der Waals surface area contributed by atoms with E-state index in [0.717, 1.165) is 41.0 Å². The number of carboxylic acid groups (broad SMARTS) is 1. The van der Waals surface area contributed by atoms with Crippen LogP contribution in [0.15, 0.2) is 17.0 Å². The molecule has 2 aliphatic rings. The van der Waals surface area contributed by atoms with Crippen LogP contribution in [0.25, 0.3) is 10.4 Å². The number of amides is 1. The van der Waals surface area contributed by atoms with Crippen LogP contribution in [0, 0.1) is 25.7 Å². The maximum Gasteiger partial charge on any atom is 0.306 e. The molecule has 1 amide bonds. The Bertz CT molecular complexity index is 1310. The fraction of sp³-hybridized carbons (Fsp3) is 0.607. The first-order valence-corrected chi connectivity index (χ1v) is 15.7. The Morgan fingerprint density at radius 2 is 1.74 bits per heavy atom. The van der Waals surface area contributed by atoms with Crippen molar-refractivity contribution in [3.8, 4) is 10.4 Å². The minimum absolute atomic E-state index is 0.151. The number of nitrogens with zero attached hydrogens (tertiary/aromatic N) is 1. The average molecular weight is 562 g/mol. The van der Waals surface area contributed by atoms with Gasteiger partial charge in [-0.1, -0.05) is 38.2 Å². The Kier molecular flexibility index (Phi) is 8.35. The fourth-order valence-corrected chi connectivity index (χ4v) is 8.24. The van der Waals surface area contributed by atoms with Gasteiger partial charge in [0.15, 0.2) is 5.01 Å². The number of aliphatic carboxylic acids is 1. The van der Waals surface area contributed by atoms with Crippen LogP contribution in [0.2, 0.25) is 0 Å². The van der Waals surface area contributed by atoms with Crippen LogP contribution in [0.1, 0.15) is 92.3 Å². The second-order valence-electron chi connectivity index (χ2n) is 11.9. The van der Waals surface area contributed by atoms with E-state index in [0.29, 0.717) is 29.3 Å². The summed E-state index contributed by atoms with van der Waals surface area (Å²) in [6.07, 6.45) is 7.61. The summed E-state index contributed by atoms with van der Waals surface area (Å²) >= 11 is 1.33. The molecule has 4 rings (SSSR count). The van der Waals surface area contributed by atoms with E-state index in [2.05, 4.69) is 10.0 Å². The molecule has 2 fully saturated rings. The largest absolute Gasteiger partial charge is 0.481 e. The predicted octanol–water partition coefficient (Wildman–Crippen LogP) is 5.22. The van der Waals surface area contributed by atoms with Crippen molar-refractivity contribution < 1.29 is 23.1 Å². The van der Waals surface area contributed by atoms with E-state index in [1.54, 1.807) is 6.07 Å². The van der Waals surface area contributed by atoms with Crippen molar-refractivity contribution in [3.63, 3.8) is 0 Å². The summed E-state index contributed by atoms with van der Waals surface area (Å²) in [7, 11) is -3.70. The summed E-state index contributed by atoms with van der Waals surface area (Å²) in [5.41, 5.74) is 2.71. The number of benzene rings is 1. The van der Waals surface area contributed by atoms with E-state index in [-0.39, 0.29) is 16.8 Å². The summed E-state index contributed by atoms with van der Waals surface area (Å²) in [6, 6.07) is 3.33. The molecular weight excluding hydrogens is 522 g/mol. The lowest BCUT2D eigenvalue weighted by Gasteiger charge is -2.32. The number of aromatic nitrogens is 1. The van der Waals surface area contributed by atoms with Gasteiger partial charge in [0.2, 0.25) is 10.0 Å². The van der Waals surface area contributed by atoms with Gasteiger partial charge in [0.1, 0.15) is 0 Å². The predicted molar refractivity (Wildman–Crippen MR) is 149 cm³/mol. The van der Waals surface area contributed by atoms with Crippen molar-refractivity contribution in [2.45, 2.75) is 102 Å². The molecule has 1 heterocycles. The van der Waals surface area contributed by atoms with Gasteiger partial charge in [-0.2, -0.15) is 0 Å². The van der Waals surface area contributed by atoms with Gasteiger partial charge < -0.3 is 10.4 Å². The van der Waals surface area contributed by atoms with E-state index in [4.69, 9.17) is 10.1 Å². The smallest absolute Gasteiger partial charge is 0.306 e. The molecule has 38 heavy (non-hydrogen) atoms. The normalized spacial score (nSPS) is 20.7. The first-order chi connectivity index (χ1) is 17.7. The first-order valence-electron chi connectivity index (χ1n) is 13.4. The number of carboxylic acids is 1. The molecule has 2 saturated carbocycles. The molecule has 0 radical (unpaired) electrons. The highest BCUT2D eigenvalue weighted by molar-refractivity contribution is 7.89. The molecule has 0 spiro atoms. The summed E-state index contributed by atoms with van der Waals surface area (Å²) in [4.78, 5) is 30.2. The minimum Gasteiger partial charge on any atom is -0.481 e. The number of rotatable bonds is 8. The second-order valence-corrected chi connectivity index (χ2v) is 14.5. The highest BCUT2D eigenvalue weighted by Gasteiger charge is 2.36. The van der Waals surface area contributed by atoms with Crippen molar-refractivity contribution >= 4 is 33.2 Å². The molecule has 0 aliphatic heterocycles. The number of nitrogens with one attached hydrogen (secondary N) is 2. The van der Waals surface area contributed by atoms with Crippen molar-refractivity contribution in [2.75, 3.05) is 0 Å². The lowest BCUT2D eigenvalue weighted by atomic mass is 9.80. The number of carbonyl (C=O) groups excluding carboxylic acids is 1. The quantitative estimate of drug-likeness (QED) is 0.406. The van der Waals surface area contributed by atoms with Crippen molar-refractivity contribution in [1.82, 2.24) is 15.0 Å². The van der Waals surface area contributed by atoms with Crippen LogP contribution in [-0.2, 0) is 21.2 Å². The summed E-state index contributed by atoms with van der Waals surface area (Å²) in [6.45, 7) is 9.18. The average Bonchev–Trinajstić information content (AvgIpc) is 3.19. The molecule has 0 atom stereocenters. The van der Waals surface area contributed by atoms with E-state index in [9.17, 15) is 18.0 Å². The lowest BCUT2D eigenvalue weighted by Crippen LogP contribution is -2.46. The molecule has 1 aromatic heterocycles. The third-order valence-corrected chi connectivity index (χ3v) is 10.7. The van der Waals surface area contributed by atoms with Gasteiger partial charge in [-0.25, -0.2) is 18.1 Å². The van der Waals surface area contributed by atoms with Gasteiger partial charge in [0, 0.05) is 11.6 Å². The number of sulfonamides is 1. The van der Waals surface area contributed by atoms with E-state index in [1.807, 2.05) is 40.7 Å². The van der Waals surface area contributed by atoms with Gasteiger partial charge >= 0.3 is 5.97 Å². The van der Waals surface area contributed by atoms with Gasteiger partial charge in [-0.05, 0) is 82.6 Å². The number of carbonyl (C=O) groups is 2. The molecule has 8 nitrogen and oxygen atoms in total. The Hall–Kier alpha value is -2.30. The van der Waals surface area contributed by atoms with Crippen molar-refractivity contribution in [3.05, 3.63) is 34.0 Å². The molecule has 208 valence electrons. The minimum atomic E-state index is -3.70. The van der Waals surface area contributed by atoms with Crippen molar-refractivity contribution in [2.24, 2.45) is 11.8 Å². The SMILES string of the molecule is Cc1c(-c2sc(C(=O)NC3CC(C(=O)O)C3)nc2CC2CCCCC2)ccc(S(=O)(=O)NC(C)(C)C)c1C. The standard InChI is InChI=1S/C28H39N3O5S2/c1-16-17(2)23(38(35,36)31-28(3,4)5)12-11-21(16)24-22(13-18-9-7-6-8-10-18)30-26(37-24)25(32)29-20-14-19(15-20)27(33)34/h11-12,18-20,31H,6-10,13-15H2,1-5H3,(H,29,32)(H,33,34). The number of hydrogen-bond acceptors (Lipinski definition) is 6. The Morgan fingerprint density at radius 3 is 2.34 bits per heavy atom. The molecular formula is C28H39N3O5S2. The Labute approximate surface area is 229 Å². The van der Waals surface area contributed by atoms with E-state index < -0.39 is 27.4 Å². The topological polar surface area (TPSA) is 125 Å². The molecule has 0 bridgehead atoms. The Balaban J connectivity index is 1.66. The summed E-state index contributed by atoms with van der Waals surface area (Å²) in [5, 5.41) is 12.4. The maximum absolute atomic E-state index is 13.1. The van der Waals surface area contributed by atoms with Gasteiger partial charge in [0.25, 0.3) is 5.91 Å². The number of thiazole rings is 1. The van der Waals surface area contributed by atoms with Gasteiger partial charge in [-0.3, -0.25) is 9.59 Å². The zero-order chi connectivity index (χ0) is 27.8. The molecule has 3 N–H and O–H groups in total. The molecule has 0 saturated heterocycles. The zero-order valence-electron chi connectivity index (χ0n) is 22.9. The molecule has 10 heteroatoms. The fourth-order valence-electron chi connectivity index (χ4n) is 5.44.